The summed E-state index contributed by atoms with van der Waals surface area (Å²) in [6, 6.07) is 5.63. The lowest BCUT2D eigenvalue weighted by Gasteiger charge is -2.08. The van der Waals surface area contributed by atoms with Gasteiger partial charge in [0.05, 0.1) is 25.0 Å². The lowest BCUT2D eigenvalue weighted by atomic mass is 10.1. The van der Waals surface area contributed by atoms with Gasteiger partial charge in [-0.15, -0.1) is 0 Å². The van der Waals surface area contributed by atoms with Crippen LogP contribution in [0.3, 0.4) is 0 Å². The maximum atomic E-state index is 12.3. The molecule has 0 saturated heterocycles. The number of benzene rings is 1. The summed E-state index contributed by atoms with van der Waals surface area (Å²) in [6.45, 7) is 3.15. The van der Waals surface area contributed by atoms with Crippen molar-refractivity contribution in [1.82, 2.24) is 9.78 Å². The number of aryl methyl sites for hydroxylation is 1. The first-order chi connectivity index (χ1) is 10.1. The molecule has 0 unspecified atom stereocenters. The van der Waals surface area contributed by atoms with Crippen molar-refractivity contribution in [3.05, 3.63) is 41.7 Å². The molecule has 0 aliphatic rings. The zero-order chi connectivity index (χ0) is 15.2. The SMILES string of the molecule is CNc1ccc(C(=O)Nc2cnn(CCOC)c2)c(C)c1. The number of ether oxygens (including phenoxy) is 1. The molecular formula is C15H20N4O2. The highest BCUT2D eigenvalue weighted by molar-refractivity contribution is 6.05. The monoisotopic (exact) mass is 288 g/mol. The summed E-state index contributed by atoms with van der Waals surface area (Å²) in [5, 5.41) is 10.1. The van der Waals surface area contributed by atoms with E-state index in [4.69, 9.17) is 4.74 Å². The average Bonchev–Trinajstić information content (AvgIpc) is 2.92. The van der Waals surface area contributed by atoms with Crippen LogP contribution in [0.25, 0.3) is 0 Å². The summed E-state index contributed by atoms with van der Waals surface area (Å²) in [7, 11) is 3.49. The minimum atomic E-state index is -0.138. The van der Waals surface area contributed by atoms with Gasteiger partial charge in [-0.25, -0.2) is 0 Å². The van der Waals surface area contributed by atoms with E-state index >= 15 is 0 Å². The zero-order valence-electron chi connectivity index (χ0n) is 12.5. The highest BCUT2D eigenvalue weighted by atomic mass is 16.5. The van der Waals surface area contributed by atoms with Crippen LogP contribution in [0.4, 0.5) is 11.4 Å². The van der Waals surface area contributed by atoms with Crippen molar-refractivity contribution in [1.29, 1.82) is 0 Å². The molecule has 1 aromatic carbocycles. The van der Waals surface area contributed by atoms with E-state index in [-0.39, 0.29) is 5.91 Å². The van der Waals surface area contributed by atoms with Gasteiger partial charge in [0, 0.05) is 31.6 Å². The number of nitrogens with one attached hydrogen (secondary N) is 2. The summed E-state index contributed by atoms with van der Waals surface area (Å²) in [5.74, 6) is -0.138. The second-order valence-corrected chi connectivity index (χ2v) is 4.72. The smallest absolute Gasteiger partial charge is 0.256 e. The van der Waals surface area contributed by atoms with Crippen molar-refractivity contribution in [3.8, 4) is 0 Å². The Kier molecular flexibility index (Phi) is 4.94. The molecule has 0 aliphatic carbocycles. The Morgan fingerprint density at radius 1 is 1.38 bits per heavy atom. The number of rotatable bonds is 6. The van der Waals surface area contributed by atoms with Crippen molar-refractivity contribution in [2.45, 2.75) is 13.5 Å². The maximum absolute atomic E-state index is 12.3. The molecule has 0 fully saturated rings. The Bertz CT molecular complexity index is 622. The first-order valence-electron chi connectivity index (χ1n) is 6.75. The second-order valence-electron chi connectivity index (χ2n) is 4.72. The van der Waals surface area contributed by atoms with E-state index in [0.717, 1.165) is 11.3 Å². The molecule has 6 nitrogen and oxygen atoms in total. The Balaban J connectivity index is 2.05. The molecule has 1 aromatic heterocycles. The summed E-state index contributed by atoms with van der Waals surface area (Å²) >= 11 is 0. The van der Waals surface area contributed by atoms with Gasteiger partial charge in [-0.05, 0) is 30.7 Å². The quantitative estimate of drug-likeness (QED) is 0.854. The van der Waals surface area contributed by atoms with Crippen molar-refractivity contribution in [2.75, 3.05) is 31.4 Å². The topological polar surface area (TPSA) is 68.2 Å². The highest BCUT2D eigenvalue weighted by Gasteiger charge is 2.10. The first-order valence-corrected chi connectivity index (χ1v) is 6.75. The van der Waals surface area contributed by atoms with Gasteiger partial charge in [0.25, 0.3) is 5.91 Å². The van der Waals surface area contributed by atoms with Crippen LogP contribution in [0.15, 0.2) is 30.6 Å². The maximum Gasteiger partial charge on any atom is 0.256 e. The molecule has 2 rings (SSSR count). The second kappa shape index (κ2) is 6.90. The predicted octanol–water partition coefficient (Wildman–Crippen LogP) is 2.13. The van der Waals surface area contributed by atoms with Crippen molar-refractivity contribution in [3.63, 3.8) is 0 Å². The number of aromatic nitrogens is 2. The molecular weight excluding hydrogens is 268 g/mol. The molecule has 0 spiro atoms. The predicted molar refractivity (Wildman–Crippen MR) is 82.8 cm³/mol. The fourth-order valence-corrected chi connectivity index (χ4v) is 2.01. The molecule has 0 atom stereocenters. The van der Waals surface area contributed by atoms with Crippen LogP contribution < -0.4 is 10.6 Å². The van der Waals surface area contributed by atoms with E-state index in [1.54, 1.807) is 24.2 Å². The molecule has 112 valence electrons. The molecule has 2 N–H and O–H groups in total. The highest BCUT2D eigenvalue weighted by Crippen LogP contribution is 2.16. The van der Waals surface area contributed by atoms with Gasteiger partial charge in [-0.1, -0.05) is 0 Å². The van der Waals surface area contributed by atoms with Crippen molar-refractivity contribution in [2.24, 2.45) is 0 Å². The minimum absolute atomic E-state index is 0.138. The largest absolute Gasteiger partial charge is 0.388 e. The van der Waals surface area contributed by atoms with E-state index < -0.39 is 0 Å². The Hall–Kier alpha value is -2.34. The van der Waals surface area contributed by atoms with E-state index in [2.05, 4.69) is 15.7 Å². The van der Waals surface area contributed by atoms with Crippen LogP contribution in [-0.4, -0.2) is 36.5 Å². The third-order valence-electron chi connectivity index (χ3n) is 3.18. The average molecular weight is 288 g/mol. The third-order valence-corrected chi connectivity index (χ3v) is 3.18. The van der Waals surface area contributed by atoms with E-state index in [9.17, 15) is 4.79 Å². The van der Waals surface area contributed by atoms with Crippen molar-refractivity contribution < 1.29 is 9.53 Å². The zero-order valence-corrected chi connectivity index (χ0v) is 12.5. The summed E-state index contributed by atoms with van der Waals surface area (Å²) < 4.78 is 6.72. The van der Waals surface area contributed by atoms with Crippen LogP contribution >= 0.6 is 0 Å². The number of hydrogen-bond acceptors (Lipinski definition) is 4. The molecule has 0 saturated carbocycles. The lowest BCUT2D eigenvalue weighted by molar-refractivity contribution is 0.102. The Morgan fingerprint density at radius 3 is 2.86 bits per heavy atom. The van der Waals surface area contributed by atoms with Gasteiger partial charge >= 0.3 is 0 Å². The van der Waals surface area contributed by atoms with Gasteiger partial charge in [0.1, 0.15) is 0 Å². The molecule has 0 radical (unpaired) electrons. The molecule has 0 aliphatic heterocycles. The normalized spacial score (nSPS) is 10.4. The molecule has 0 bridgehead atoms. The number of anilines is 2. The fourth-order valence-electron chi connectivity index (χ4n) is 2.01. The molecule has 1 heterocycles. The number of amides is 1. The Morgan fingerprint density at radius 2 is 2.19 bits per heavy atom. The number of carbonyl (C=O) groups excluding carboxylic acids is 1. The van der Waals surface area contributed by atoms with E-state index in [1.165, 1.54) is 0 Å². The van der Waals surface area contributed by atoms with Gasteiger partial charge < -0.3 is 15.4 Å². The lowest BCUT2D eigenvalue weighted by Crippen LogP contribution is -2.13. The third kappa shape index (κ3) is 3.82. The first kappa shape index (κ1) is 15.1. The minimum Gasteiger partial charge on any atom is -0.388 e. The summed E-state index contributed by atoms with van der Waals surface area (Å²) in [4.78, 5) is 12.3. The van der Waals surface area contributed by atoms with Gasteiger partial charge in [0.15, 0.2) is 0 Å². The van der Waals surface area contributed by atoms with Crippen LogP contribution in [0.1, 0.15) is 15.9 Å². The number of carbonyl (C=O) groups is 1. The fraction of sp³-hybridized carbons (Fsp3) is 0.333. The van der Waals surface area contributed by atoms with E-state index in [1.807, 2.05) is 32.2 Å². The van der Waals surface area contributed by atoms with Crippen LogP contribution in [-0.2, 0) is 11.3 Å². The van der Waals surface area contributed by atoms with Gasteiger partial charge in [0.2, 0.25) is 0 Å². The number of hydrogen-bond donors (Lipinski definition) is 2. The van der Waals surface area contributed by atoms with Crippen LogP contribution in [0.5, 0.6) is 0 Å². The molecule has 6 heteroatoms. The van der Waals surface area contributed by atoms with Crippen molar-refractivity contribution >= 4 is 17.3 Å². The number of nitrogens with zero attached hydrogens (tertiary/aromatic N) is 2. The van der Waals surface area contributed by atoms with Crippen LogP contribution in [0.2, 0.25) is 0 Å². The summed E-state index contributed by atoms with van der Waals surface area (Å²) in [6.07, 6.45) is 3.42. The van der Waals surface area contributed by atoms with E-state index in [0.29, 0.717) is 24.4 Å². The van der Waals surface area contributed by atoms with Gasteiger partial charge in [-0.2, -0.15) is 5.10 Å². The molecule has 21 heavy (non-hydrogen) atoms. The standard InChI is InChI=1S/C15H20N4O2/c1-11-8-12(16-2)4-5-14(11)15(20)18-13-9-17-19(10-13)6-7-21-3/h4-5,8-10,16H,6-7H2,1-3H3,(H,18,20). The molecule has 2 aromatic rings. The number of methoxy groups -OCH3 is 1. The molecule has 1 amide bonds. The van der Waals surface area contributed by atoms with Gasteiger partial charge in [-0.3, -0.25) is 9.48 Å². The summed E-state index contributed by atoms with van der Waals surface area (Å²) in [5.41, 5.74) is 3.23. The van der Waals surface area contributed by atoms with Crippen LogP contribution in [0, 0.1) is 6.92 Å². The Labute approximate surface area is 124 Å².